The summed E-state index contributed by atoms with van der Waals surface area (Å²) in [5.74, 6) is 1.25. The maximum Gasteiger partial charge on any atom is 0.0107 e. The van der Waals surface area contributed by atoms with Crippen LogP contribution in [0.25, 0.3) is 0 Å². The zero-order valence-corrected chi connectivity index (χ0v) is 7.86. The second-order valence-electron chi connectivity index (χ2n) is 2.99. The van der Waals surface area contributed by atoms with Crippen LogP contribution in [-0.2, 0) is 12.8 Å². The highest BCUT2D eigenvalue weighted by Gasteiger charge is 2.13. The van der Waals surface area contributed by atoms with Crippen molar-refractivity contribution in [2.24, 2.45) is 0 Å². The largest absolute Gasteiger partial charge is 0.126 e. The first kappa shape index (κ1) is 7.93. The molecule has 0 saturated carbocycles. The van der Waals surface area contributed by atoms with Crippen LogP contribution in [0.5, 0.6) is 0 Å². The molecule has 1 aliphatic rings. The fourth-order valence-corrected chi connectivity index (χ4v) is 2.75. The zero-order valence-electron chi connectivity index (χ0n) is 7.05. The lowest BCUT2D eigenvalue weighted by atomic mass is 10.0. The highest BCUT2D eigenvalue weighted by molar-refractivity contribution is 7.99. The summed E-state index contributed by atoms with van der Waals surface area (Å²) in [6.07, 6.45) is 4.24. The van der Waals surface area contributed by atoms with Crippen LogP contribution >= 0.6 is 11.8 Å². The molecule has 1 heteroatoms. The van der Waals surface area contributed by atoms with Crippen LogP contribution < -0.4 is 0 Å². The van der Waals surface area contributed by atoms with Crippen molar-refractivity contribution in [3.05, 3.63) is 42.0 Å². The molecule has 62 valence electrons. The fourth-order valence-electron chi connectivity index (χ4n) is 1.64. The van der Waals surface area contributed by atoms with Crippen LogP contribution in [0.2, 0.25) is 0 Å². The lowest BCUT2D eigenvalue weighted by Gasteiger charge is -2.03. The standard InChI is InChI=1S/C11H12S/c1-2-4-9-5-3-6-11-10(9)7-8-12-11/h2-3,5-6H,1,4,7-8H2. The van der Waals surface area contributed by atoms with Crippen LogP contribution in [0, 0.1) is 0 Å². The van der Waals surface area contributed by atoms with E-state index in [4.69, 9.17) is 0 Å². The van der Waals surface area contributed by atoms with Gasteiger partial charge in [-0.05, 0) is 30.0 Å². The number of hydrogen-bond donors (Lipinski definition) is 0. The average molecular weight is 176 g/mol. The van der Waals surface area contributed by atoms with Gasteiger partial charge in [0.05, 0.1) is 0 Å². The van der Waals surface area contributed by atoms with Gasteiger partial charge in [0.15, 0.2) is 0 Å². The minimum absolute atomic E-state index is 1.02. The van der Waals surface area contributed by atoms with Crippen molar-refractivity contribution in [3.8, 4) is 0 Å². The molecule has 0 atom stereocenters. The molecule has 0 saturated heterocycles. The van der Waals surface area contributed by atoms with Gasteiger partial charge >= 0.3 is 0 Å². The van der Waals surface area contributed by atoms with Crippen LogP contribution in [0.1, 0.15) is 11.1 Å². The van der Waals surface area contributed by atoms with E-state index in [1.165, 1.54) is 22.6 Å². The van der Waals surface area contributed by atoms with Crippen molar-refractivity contribution in [1.82, 2.24) is 0 Å². The lowest BCUT2D eigenvalue weighted by molar-refractivity contribution is 1.07. The third-order valence-corrected chi connectivity index (χ3v) is 3.31. The predicted octanol–water partition coefficient (Wildman–Crippen LogP) is 3.06. The summed E-state index contributed by atoms with van der Waals surface area (Å²) < 4.78 is 0. The van der Waals surface area contributed by atoms with E-state index in [9.17, 15) is 0 Å². The fraction of sp³-hybridized carbons (Fsp3) is 0.273. The number of allylic oxidation sites excluding steroid dienone is 1. The van der Waals surface area contributed by atoms with E-state index in [2.05, 4.69) is 24.8 Å². The first-order valence-electron chi connectivity index (χ1n) is 4.26. The minimum Gasteiger partial charge on any atom is -0.126 e. The third kappa shape index (κ3) is 1.29. The Hall–Kier alpha value is -0.690. The Morgan fingerprint density at radius 2 is 2.42 bits per heavy atom. The highest BCUT2D eigenvalue weighted by Crippen LogP contribution is 2.33. The normalized spacial score (nSPS) is 14.3. The highest BCUT2D eigenvalue weighted by atomic mass is 32.2. The van der Waals surface area contributed by atoms with E-state index >= 15 is 0 Å². The lowest BCUT2D eigenvalue weighted by Crippen LogP contribution is -1.90. The monoisotopic (exact) mass is 176 g/mol. The number of rotatable bonds is 2. The van der Waals surface area contributed by atoms with Crippen molar-refractivity contribution >= 4 is 11.8 Å². The Labute approximate surface area is 77.7 Å². The van der Waals surface area contributed by atoms with Gasteiger partial charge in [-0.1, -0.05) is 18.2 Å². The Morgan fingerprint density at radius 1 is 1.50 bits per heavy atom. The van der Waals surface area contributed by atoms with E-state index in [1.54, 1.807) is 5.56 Å². The molecule has 1 heterocycles. The molecule has 0 bridgehead atoms. The molecule has 12 heavy (non-hydrogen) atoms. The average Bonchev–Trinajstić information content (AvgIpc) is 2.53. The Morgan fingerprint density at radius 3 is 3.25 bits per heavy atom. The number of benzene rings is 1. The molecule has 1 aromatic carbocycles. The van der Waals surface area contributed by atoms with Gasteiger partial charge in [0.2, 0.25) is 0 Å². The minimum atomic E-state index is 1.02. The second kappa shape index (κ2) is 3.36. The zero-order chi connectivity index (χ0) is 8.39. The quantitative estimate of drug-likeness (QED) is 0.624. The van der Waals surface area contributed by atoms with Crippen LogP contribution in [0.3, 0.4) is 0 Å². The van der Waals surface area contributed by atoms with Gasteiger partial charge in [-0.25, -0.2) is 0 Å². The molecule has 0 fully saturated rings. The summed E-state index contributed by atoms with van der Waals surface area (Å²) in [6, 6.07) is 6.59. The van der Waals surface area contributed by atoms with Crippen molar-refractivity contribution in [2.75, 3.05) is 5.75 Å². The molecule has 0 nitrogen and oxygen atoms in total. The van der Waals surface area contributed by atoms with E-state index in [-0.39, 0.29) is 0 Å². The molecular weight excluding hydrogens is 164 g/mol. The summed E-state index contributed by atoms with van der Waals surface area (Å²) in [5.41, 5.74) is 3.02. The molecule has 0 unspecified atom stereocenters. The van der Waals surface area contributed by atoms with Crippen molar-refractivity contribution in [2.45, 2.75) is 17.7 Å². The van der Waals surface area contributed by atoms with E-state index < -0.39 is 0 Å². The first-order chi connectivity index (χ1) is 5.92. The molecule has 1 aromatic rings. The number of fused-ring (bicyclic) bond motifs is 1. The Balaban J connectivity index is 2.42. The molecular formula is C11H12S. The summed E-state index contributed by atoms with van der Waals surface area (Å²) in [6.45, 7) is 3.77. The maximum absolute atomic E-state index is 3.77. The summed E-state index contributed by atoms with van der Waals surface area (Å²) in [4.78, 5) is 1.48. The SMILES string of the molecule is C=CCc1cccc2c1CCS2. The van der Waals surface area contributed by atoms with E-state index in [0.717, 1.165) is 6.42 Å². The van der Waals surface area contributed by atoms with Gasteiger partial charge in [0.25, 0.3) is 0 Å². The van der Waals surface area contributed by atoms with Crippen LogP contribution in [0.15, 0.2) is 35.7 Å². The molecule has 0 amide bonds. The molecule has 1 aliphatic heterocycles. The van der Waals surface area contributed by atoms with Crippen LogP contribution in [0.4, 0.5) is 0 Å². The summed E-state index contributed by atoms with van der Waals surface area (Å²) in [7, 11) is 0. The topological polar surface area (TPSA) is 0 Å². The molecule has 0 radical (unpaired) electrons. The molecule has 0 spiro atoms. The van der Waals surface area contributed by atoms with Gasteiger partial charge < -0.3 is 0 Å². The van der Waals surface area contributed by atoms with Gasteiger partial charge in [0.1, 0.15) is 0 Å². The van der Waals surface area contributed by atoms with Crippen LogP contribution in [-0.4, -0.2) is 5.75 Å². The van der Waals surface area contributed by atoms with Crippen molar-refractivity contribution < 1.29 is 0 Å². The van der Waals surface area contributed by atoms with Gasteiger partial charge in [-0.15, -0.1) is 18.3 Å². The van der Waals surface area contributed by atoms with Gasteiger partial charge in [-0.2, -0.15) is 0 Å². The van der Waals surface area contributed by atoms with Crippen molar-refractivity contribution in [1.29, 1.82) is 0 Å². The van der Waals surface area contributed by atoms with E-state index in [1.807, 2.05) is 17.8 Å². The first-order valence-corrected chi connectivity index (χ1v) is 5.25. The summed E-state index contributed by atoms with van der Waals surface area (Å²) in [5, 5.41) is 0. The third-order valence-electron chi connectivity index (χ3n) is 2.20. The maximum atomic E-state index is 3.77. The molecule has 0 aliphatic carbocycles. The smallest absolute Gasteiger partial charge is 0.0107 e. The van der Waals surface area contributed by atoms with Gasteiger partial charge in [0, 0.05) is 10.6 Å². The molecule has 2 rings (SSSR count). The number of hydrogen-bond acceptors (Lipinski definition) is 1. The molecule has 0 aromatic heterocycles. The Kier molecular flexibility index (Phi) is 2.22. The molecule has 0 N–H and O–H groups in total. The van der Waals surface area contributed by atoms with Crippen molar-refractivity contribution in [3.63, 3.8) is 0 Å². The second-order valence-corrected chi connectivity index (χ2v) is 4.12. The summed E-state index contributed by atoms with van der Waals surface area (Å²) >= 11 is 1.97. The van der Waals surface area contributed by atoms with Gasteiger partial charge in [-0.3, -0.25) is 0 Å². The Bertz CT molecular complexity index is 302. The van der Waals surface area contributed by atoms with E-state index in [0.29, 0.717) is 0 Å². The predicted molar refractivity (Wildman–Crippen MR) is 54.8 cm³/mol. The number of thioether (sulfide) groups is 1.